The van der Waals surface area contributed by atoms with Crippen LogP contribution >= 0.6 is 0 Å². The number of hydrogen-bond donors (Lipinski definition) is 0. The number of benzene rings is 2. The average molecular weight is 307 g/mol. The molecule has 1 heterocycles. The zero-order valence-electron chi connectivity index (χ0n) is 14.5. The van der Waals surface area contributed by atoms with Crippen LogP contribution in [-0.4, -0.2) is 19.2 Å². The number of anilines is 1. The number of nitrogens with zero attached hydrogens (tertiary/aromatic N) is 1. The summed E-state index contributed by atoms with van der Waals surface area (Å²) in [5.74, 6) is 0.992. The Labute approximate surface area is 139 Å². The fraction of sp³-hybridized carbons (Fsp3) is 0.333. The van der Waals surface area contributed by atoms with Crippen LogP contribution in [0.4, 0.5) is 5.69 Å². The lowest BCUT2D eigenvalue weighted by atomic mass is 9.89. The van der Waals surface area contributed by atoms with Crippen LogP contribution in [0.2, 0.25) is 0 Å². The summed E-state index contributed by atoms with van der Waals surface area (Å²) in [7, 11) is 0. The van der Waals surface area contributed by atoms with Crippen molar-refractivity contribution in [2.24, 2.45) is 0 Å². The summed E-state index contributed by atoms with van der Waals surface area (Å²) in [4.78, 5) is 2.35. The molecule has 0 saturated carbocycles. The highest BCUT2D eigenvalue weighted by Crippen LogP contribution is 2.41. The lowest BCUT2D eigenvalue weighted by Crippen LogP contribution is -2.23. The first-order valence-electron chi connectivity index (χ1n) is 8.47. The van der Waals surface area contributed by atoms with Crippen molar-refractivity contribution in [2.45, 2.75) is 33.8 Å². The van der Waals surface area contributed by atoms with Gasteiger partial charge in [0, 0.05) is 30.4 Å². The van der Waals surface area contributed by atoms with E-state index >= 15 is 0 Å². The average Bonchev–Trinajstić information content (AvgIpc) is 2.58. The van der Waals surface area contributed by atoms with Gasteiger partial charge in [0.25, 0.3) is 0 Å². The molecule has 2 aromatic carbocycles. The van der Waals surface area contributed by atoms with Crippen molar-refractivity contribution in [1.82, 2.24) is 0 Å². The van der Waals surface area contributed by atoms with E-state index in [1.54, 1.807) is 0 Å². The molecule has 23 heavy (non-hydrogen) atoms. The van der Waals surface area contributed by atoms with Gasteiger partial charge in [0.05, 0.1) is 0 Å². The quantitative estimate of drug-likeness (QED) is 0.776. The molecule has 0 saturated heterocycles. The zero-order chi connectivity index (χ0) is 16.4. The van der Waals surface area contributed by atoms with Gasteiger partial charge in [-0.2, -0.15) is 0 Å². The molecule has 1 aliphatic heterocycles. The Morgan fingerprint density at radius 3 is 2.35 bits per heavy atom. The Morgan fingerprint density at radius 1 is 1.00 bits per heavy atom. The third-order valence-corrected chi connectivity index (χ3v) is 4.73. The highest BCUT2D eigenvalue weighted by Gasteiger charge is 2.24. The van der Waals surface area contributed by atoms with Crippen LogP contribution in [0.3, 0.4) is 0 Å². The van der Waals surface area contributed by atoms with E-state index in [-0.39, 0.29) is 6.10 Å². The van der Waals surface area contributed by atoms with Crippen LogP contribution in [0.25, 0.3) is 5.57 Å². The molecule has 1 unspecified atom stereocenters. The summed E-state index contributed by atoms with van der Waals surface area (Å²) in [6.07, 6.45) is 0.102. The van der Waals surface area contributed by atoms with Crippen LogP contribution in [0.1, 0.15) is 38.8 Å². The second kappa shape index (κ2) is 6.49. The Kier molecular flexibility index (Phi) is 4.42. The normalized spacial score (nSPS) is 16.8. The molecule has 0 aliphatic carbocycles. The zero-order valence-corrected chi connectivity index (χ0v) is 14.5. The van der Waals surface area contributed by atoms with E-state index in [2.05, 4.69) is 81.1 Å². The summed E-state index contributed by atoms with van der Waals surface area (Å²) in [5.41, 5.74) is 6.29. The predicted octanol–water partition coefficient (Wildman–Crippen LogP) is 5.14. The molecule has 0 bridgehead atoms. The summed E-state index contributed by atoms with van der Waals surface area (Å²) >= 11 is 0. The van der Waals surface area contributed by atoms with E-state index in [4.69, 9.17) is 4.74 Å². The Balaban J connectivity index is 2.11. The standard InChI is InChI=1S/C21H25NO/c1-5-22(6-2)18-12-13-19-20(14-18)23-16(4)15(3)21(19)17-10-8-7-9-11-17/h7-14,16H,5-6H2,1-4H3. The molecule has 3 rings (SSSR count). The molecule has 0 amide bonds. The fourth-order valence-electron chi connectivity index (χ4n) is 3.28. The molecule has 2 heteroatoms. The molecule has 0 N–H and O–H groups in total. The molecular weight excluding hydrogens is 282 g/mol. The van der Waals surface area contributed by atoms with E-state index in [0.29, 0.717) is 0 Å². The highest BCUT2D eigenvalue weighted by atomic mass is 16.5. The summed E-state index contributed by atoms with van der Waals surface area (Å²) in [5, 5.41) is 0. The van der Waals surface area contributed by atoms with Crippen molar-refractivity contribution < 1.29 is 4.74 Å². The van der Waals surface area contributed by atoms with E-state index in [0.717, 1.165) is 18.8 Å². The van der Waals surface area contributed by atoms with Gasteiger partial charge in [-0.15, -0.1) is 0 Å². The molecule has 2 aromatic rings. The third-order valence-electron chi connectivity index (χ3n) is 4.73. The van der Waals surface area contributed by atoms with Crippen molar-refractivity contribution in [3.63, 3.8) is 0 Å². The lowest BCUT2D eigenvalue weighted by molar-refractivity contribution is 0.252. The second-order valence-corrected chi connectivity index (χ2v) is 6.04. The summed E-state index contributed by atoms with van der Waals surface area (Å²) in [6.45, 7) is 10.7. The van der Waals surface area contributed by atoms with Crippen molar-refractivity contribution >= 4 is 11.3 Å². The summed E-state index contributed by atoms with van der Waals surface area (Å²) < 4.78 is 6.19. The van der Waals surface area contributed by atoms with Crippen molar-refractivity contribution in [2.75, 3.05) is 18.0 Å². The van der Waals surface area contributed by atoms with Gasteiger partial charge in [0.15, 0.2) is 0 Å². The van der Waals surface area contributed by atoms with E-state index in [1.807, 2.05) is 0 Å². The maximum atomic E-state index is 6.19. The minimum atomic E-state index is 0.102. The molecule has 120 valence electrons. The maximum absolute atomic E-state index is 6.19. The van der Waals surface area contributed by atoms with Gasteiger partial charge >= 0.3 is 0 Å². The first kappa shape index (κ1) is 15.7. The van der Waals surface area contributed by atoms with Gasteiger partial charge in [-0.05, 0) is 56.5 Å². The van der Waals surface area contributed by atoms with Gasteiger partial charge in [0.2, 0.25) is 0 Å². The second-order valence-electron chi connectivity index (χ2n) is 6.04. The molecule has 1 atom stereocenters. The maximum Gasteiger partial charge on any atom is 0.130 e. The van der Waals surface area contributed by atoms with Gasteiger partial charge in [-0.1, -0.05) is 30.3 Å². The SMILES string of the molecule is CCN(CC)c1ccc2c(c1)OC(C)C(C)=C2c1ccccc1. The molecule has 1 aliphatic rings. The number of hydrogen-bond acceptors (Lipinski definition) is 2. The molecule has 0 radical (unpaired) electrons. The van der Waals surface area contributed by atoms with Crippen LogP contribution in [0.5, 0.6) is 5.75 Å². The minimum Gasteiger partial charge on any atom is -0.486 e. The van der Waals surface area contributed by atoms with Crippen LogP contribution in [-0.2, 0) is 0 Å². The van der Waals surface area contributed by atoms with Crippen LogP contribution in [0, 0.1) is 0 Å². The van der Waals surface area contributed by atoms with Crippen LogP contribution in [0.15, 0.2) is 54.1 Å². The topological polar surface area (TPSA) is 12.5 Å². The van der Waals surface area contributed by atoms with Crippen molar-refractivity contribution in [1.29, 1.82) is 0 Å². The van der Waals surface area contributed by atoms with Gasteiger partial charge in [-0.3, -0.25) is 0 Å². The third kappa shape index (κ3) is 2.86. The largest absolute Gasteiger partial charge is 0.486 e. The Morgan fingerprint density at radius 2 is 1.70 bits per heavy atom. The number of fused-ring (bicyclic) bond motifs is 1. The highest BCUT2D eigenvalue weighted by molar-refractivity contribution is 5.87. The monoisotopic (exact) mass is 307 g/mol. The predicted molar refractivity (Wildman–Crippen MR) is 98.2 cm³/mol. The molecular formula is C21H25NO. The van der Waals surface area contributed by atoms with Crippen molar-refractivity contribution in [3.8, 4) is 5.75 Å². The molecule has 0 fully saturated rings. The molecule has 2 nitrogen and oxygen atoms in total. The van der Waals surface area contributed by atoms with E-state index < -0.39 is 0 Å². The minimum absolute atomic E-state index is 0.102. The fourth-order valence-corrected chi connectivity index (χ4v) is 3.28. The first-order chi connectivity index (χ1) is 11.2. The van der Waals surface area contributed by atoms with E-state index in [9.17, 15) is 0 Å². The number of ether oxygens (including phenoxy) is 1. The first-order valence-corrected chi connectivity index (χ1v) is 8.47. The lowest BCUT2D eigenvalue weighted by Gasteiger charge is -2.30. The Hall–Kier alpha value is -2.22. The van der Waals surface area contributed by atoms with Gasteiger partial charge in [0.1, 0.15) is 11.9 Å². The molecule has 0 spiro atoms. The van der Waals surface area contributed by atoms with E-state index in [1.165, 1.54) is 28.0 Å². The van der Waals surface area contributed by atoms with Gasteiger partial charge in [-0.25, -0.2) is 0 Å². The van der Waals surface area contributed by atoms with Crippen LogP contribution < -0.4 is 9.64 Å². The summed E-state index contributed by atoms with van der Waals surface area (Å²) in [6, 6.07) is 17.2. The molecule has 0 aromatic heterocycles. The Bertz CT molecular complexity index is 714. The van der Waals surface area contributed by atoms with Crippen molar-refractivity contribution in [3.05, 3.63) is 65.2 Å². The number of rotatable bonds is 4. The van der Waals surface area contributed by atoms with Gasteiger partial charge < -0.3 is 9.64 Å². The smallest absolute Gasteiger partial charge is 0.130 e.